The Hall–Kier alpha value is -0.0800. The highest BCUT2D eigenvalue weighted by atomic mass is 15.1. The van der Waals surface area contributed by atoms with Crippen molar-refractivity contribution in [1.29, 1.82) is 0 Å². The van der Waals surface area contributed by atoms with E-state index in [0.29, 0.717) is 0 Å². The van der Waals surface area contributed by atoms with E-state index in [0.717, 1.165) is 18.5 Å². The molecule has 2 N–H and O–H groups in total. The molecule has 1 saturated carbocycles. The predicted molar refractivity (Wildman–Crippen MR) is 62.3 cm³/mol. The molecule has 1 aliphatic carbocycles. The largest absolute Gasteiger partial charge is 0.330 e. The highest BCUT2D eigenvalue weighted by Crippen LogP contribution is 2.29. The van der Waals surface area contributed by atoms with Crippen molar-refractivity contribution >= 4 is 0 Å². The fourth-order valence-corrected chi connectivity index (χ4v) is 2.76. The quantitative estimate of drug-likeness (QED) is 0.702. The molecule has 2 heteroatoms. The van der Waals surface area contributed by atoms with Crippen LogP contribution in [-0.4, -0.2) is 31.6 Å². The van der Waals surface area contributed by atoms with E-state index in [4.69, 9.17) is 5.73 Å². The van der Waals surface area contributed by atoms with Crippen LogP contribution in [0.2, 0.25) is 0 Å². The zero-order chi connectivity index (χ0) is 10.4. The third kappa shape index (κ3) is 3.58. The number of hydrogen-bond acceptors (Lipinski definition) is 2. The molecule has 1 aliphatic rings. The molecule has 0 aromatic rings. The van der Waals surface area contributed by atoms with Gasteiger partial charge in [-0.3, -0.25) is 0 Å². The van der Waals surface area contributed by atoms with Crippen molar-refractivity contribution in [2.75, 3.05) is 20.6 Å². The Labute approximate surface area is 88.8 Å². The van der Waals surface area contributed by atoms with Crippen molar-refractivity contribution in [2.24, 2.45) is 11.7 Å². The second-order valence-electron chi connectivity index (χ2n) is 4.86. The van der Waals surface area contributed by atoms with Gasteiger partial charge in [0.2, 0.25) is 0 Å². The summed E-state index contributed by atoms with van der Waals surface area (Å²) in [7, 11) is 4.46. The summed E-state index contributed by atoms with van der Waals surface area (Å²) in [5, 5.41) is 0. The number of nitrogens with two attached hydrogens (primary N) is 1. The maximum atomic E-state index is 5.59. The smallest absolute Gasteiger partial charge is 0.0117 e. The number of nitrogens with zero attached hydrogens (tertiary/aromatic N) is 1. The summed E-state index contributed by atoms with van der Waals surface area (Å²) in [5.74, 6) is 0.899. The van der Waals surface area contributed by atoms with Gasteiger partial charge in [0.25, 0.3) is 0 Å². The average molecular weight is 198 g/mol. The van der Waals surface area contributed by atoms with E-state index in [2.05, 4.69) is 19.0 Å². The second-order valence-corrected chi connectivity index (χ2v) is 4.86. The molecule has 0 heterocycles. The SMILES string of the molecule is CN(C)C1CCCCCC1CCCN. The van der Waals surface area contributed by atoms with E-state index in [1.807, 2.05) is 0 Å². The van der Waals surface area contributed by atoms with Crippen LogP contribution in [0, 0.1) is 5.92 Å². The molecule has 0 aliphatic heterocycles. The summed E-state index contributed by atoms with van der Waals surface area (Å²) in [5.41, 5.74) is 5.59. The molecule has 0 aromatic heterocycles. The summed E-state index contributed by atoms with van der Waals surface area (Å²) in [6.45, 7) is 0.858. The Kier molecular flexibility index (Phi) is 5.49. The van der Waals surface area contributed by atoms with Crippen LogP contribution in [0.25, 0.3) is 0 Å². The van der Waals surface area contributed by atoms with Crippen molar-refractivity contribution in [3.63, 3.8) is 0 Å². The summed E-state index contributed by atoms with van der Waals surface area (Å²) < 4.78 is 0. The summed E-state index contributed by atoms with van der Waals surface area (Å²) in [4.78, 5) is 2.42. The number of hydrogen-bond donors (Lipinski definition) is 1. The zero-order valence-corrected chi connectivity index (χ0v) is 9.84. The van der Waals surface area contributed by atoms with Crippen LogP contribution in [0.1, 0.15) is 44.9 Å². The lowest BCUT2D eigenvalue weighted by Crippen LogP contribution is -2.34. The molecule has 0 saturated heterocycles. The van der Waals surface area contributed by atoms with Crippen LogP contribution in [-0.2, 0) is 0 Å². The van der Waals surface area contributed by atoms with Gasteiger partial charge in [0.15, 0.2) is 0 Å². The first-order valence-corrected chi connectivity index (χ1v) is 6.12. The molecule has 0 aromatic carbocycles. The Morgan fingerprint density at radius 1 is 1.14 bits per heavy atom. The lowest BCUT2D eigenvalue weighted by atomic mass is 9.89. The molecule has 0 spiro atoms. The first-order chi connectivity index (χ1) is 6.75. The van der Waals surface area contributed by atoms with Crippen molar-refractivity contribution in [3.8, 4) is 0 Å². The monoisotopic (exact) mass is 198 g/mol. The van der Waals surface area contributed by atoms with E-state index < -0.39 is 0 Å². The normalized spacial score (nSPS) is 29.1. The van der Waals surface area contributed by atoms with Gasteiger partial charge >= 0.3 is 0 Å². The first-order valence-electron chi connectivity index (χ1n) is 6.12. The molecule has 2 atom stereocenters. The minimum absolute atomic E-state index is 0.809. The maximum absolute atomic E-state index is 5.59. The number of rotatable bonds is 4. The molecule has 84 valence electrons. The van der Waals surface area contributed by atoms with E-state index in [-0.39, 0.29) is 0 Å². The van der Waals surface area contributed by atoms with E-state index in [1.165, 1.54) is 44.9 Å². The van der Waals surface area contributed by atoms with Gasteiger partial charge in [-0.2, -0.15) is 0 Å². The Morgan fingerprint density at radius 3 is 2.50 bits per heavy atom. The molecule has 1 rings (SSSR count). The van der Waals surface area contributed by atoms with Crippen LogP contribution in [0.3, 0.4) is 0 Å². The maximum Gasteiger partial charge on any atom is 0.0117 e. The fourth-order valence-electron chi connectivity index (χ4n) is 2.76. The van der Waals surface area contributed by atoms with Crippen molar-refractivity contribution in [3.05, 3.63) is 0 Å². The van der Waals surface area contributed by atoms with Gasteiger partial charge in [0.05, 0.1) is 0 Å². The van der Waals surface area contributed by atoms with Crippen LogP contribution in [0.15, 0.2) is 0 Å². The van der Waals surface area contributed by atoms with Gasteiger partial charge in [-0.1, -0.05) is 19.3 Å². The van der Waals surface area contributed by atoms with Gasteiger partial charge in [-0.05, 0) is 52.2 Å². The Morgan fingerprint density at radius 2 is 1.86 bits per heavy atom. The summed E-state index contributed by atoms with van der Waals surface area (Å²) >= 11 is 0. The molecule has 1 fully saturated rings. The van der Waals surface area contributed by atoms with Gasteiger partial charge in [0.1, 0.15) is 0 Å². The predicted octanol–water partition coefficient (Wildman–Crippen LogP) is 2.24. The van der Waals surface area contributed by atoms with Gasteiger partial charge in [0, 0.05) is 6.04 Å². The van der Waals surface area contributed by atoms with Gasteiger partial charge in [-0.25, -0.2) is 0 Å². The topological polar surface area (TPSA) is 29.3 Å². The zero-order valence-electron chi connectivity index (χ0n) is 9.84. The lowest BCUT2D eigenvalue weighted by molar-refractivity contribution is 0.188. The fraction of sp³-hybridized carbons (Fsp3) is 1.00. The highest BCUT2D eigenvalue weighted by Gasteiger charge is 2.24. The van der Waals surface area contributed by atoms with Crippen molar-refractivity contribution in [1.82, 2.24) is 4.90 Å². The lowest BCUT2D eigenvalue weighted by Gasteiger charge is -2.31. The standard InChI is InChI=1S/C12H26N2/c1-14(2)12-9-5-3-4-7-11(12)8-6-10-13/h11-12H,3-10,13H2,1-2H3. The minimum atomic E-state index is 0.809. The van der Waals surface area contributed by atoms with E-state index in [9.17, 15) is 0 Å². The molecule has 0 radical (unpaired) electrons. The van der Waals surface area contributed by atoms with Gasteiger partial charge in [-0.15, -0.1) is 0 Å². The van der Waals surface area contributed by atoms with E-state index in [1.54, 1.807) is 0 Å². The Bertz CT molecular complexity index is 145. The van der Waals surface area contributed by atoms with Gasteiger partial charge < -0.3 is 10.6 Å². The highest BCUT2D eigenvalue weighted by molar-refractivity contribution is 4.79. The third-order valence-corrected chi connectivity index (χ3v) is 3.56. The molecule has 0 amide bonds. The van der Waals surface area contributed by atoms with Crippen LogP contribution in [0.4, 0.5) is 0 Å². The second kappa shape index (κ2) is 6.41. The van der Waals surface area contributed by atoms with Crippen molar-refractivity contribution < 1.29 is 0 Å². The average Bonchev–Trinajstić information content (AvgIpc) is 2.39. The molecular weight excluding hydrogens is 172 g/mol. The molecule has 2 unspecified atom stereocenters. The van der Waals surface area contributed by atoms with Crippen LogP contribution < -0.4 is 5.73 Å². The summed E-state index contributed by atoms with van der Waals surface area (Å²) in [6, 6.07) is 0.809. The van der Waals surface area contributed by atoms with Crippen LogP contribution in [0.5, 0.6) is 0 Å². The first kappa shape index (κ1) is 12.0. The Balaban J connectivity index is 2.45. The molecular formula is C12H26N2. The molecule has 14 heavy (non-hydrogen) atoms. The summed E-state index contributed by atoms with van der Waals surface area (Å²) in [6.07, 6.45) is 9.63. The van der Waals surface area contributed by atoms with Crippen LogP contribution >= 0.6 is 0 Å². The van der Waals surface area contributed by atoms with E-state index >= 15 is 0 Å². The minimum Gasteiger partial charge on any atom is -0.330 e. The molecule has 2 nitrogen and oxygen atoms in total. The van der Waals surface area contributed by atoms with Crippen molar-refractivity contribution in [2.45, 2.75) is 51.0 Å². The molecule has 0 bridgehead atoms. The third-order valence-electron chi connectivity index (χ3n) is 3.56.